The number of nitriles is 1. The Morgan fingerprint density at radius 3 is 2.35 bits per heavy atom. The van der Waals surface area contributed by atoms with Crippen LogP contribution in [0.3, 0.4) is 0 Å². The topological polar surface area (TPSA) is 33.0 Å². The van der Waals surface area contributed by atoms with Crippen molar-refractivity contribution in [1.82, 2.24) is 0 Å². The van der Waals surface area contributed by atoms with E-state index in [4.69, 9.17) is 44.8 Å². The third kappa shape index (κ3) is 3.02. The molecule has 0 heterocycles. The summed E-state index contributed by atoms with van der Waals surface area (Å²) in [5, 5.41) is 9.49. The van der Waals surface area contributed by atoms with Gasteiger partial charge in [0.2, 0.25) is 0 Å². The van der Waals surface area contributed by atoms with E-state index in [2.05, 4.69) is 15.9 Å². The Labute approximate surface area is 137 Å². The maximum atomic E-state index is 14.0. The van der Waals surface area contributed by atoms with Crippen LogP contribution in [0.4, 0.5) is 4.39 Å². The van der Waals surface area contributed by atoms with Crippen molar-refractivity contribution in [2.75, 3.05) is 0 Å². The van der Waals surface area contributed by atoms with Gasteiger partial charge in [-0.1, -0.05) is 34.8 Å². The second-order valence-corrected chi connectivity index (χ2v) is 5.66. The molecule has 102 valence electrons. The Morgan fingerprint density at radius 2 is 1.70 bits per heavy atom. The molecule has 2 aromatic carbocycles. The van der Waals surface area contributed by atoms with Crippen LogP contribution in [0.25, 0.3) is 0 Å². The first-order valence-electron chi connectivity index (χ1n) is 5.14. The van der Waals surface area contributed by atoms with Crippen molar-refractivity contribution in [3.63, 3.8) is 0 Å². The van der Waals surface area contributed by atoms with Gasteiger partial charge in [-0.15, -0.1) is 0 Å². The van der Waals surface area contributed by atoms with Crippen LogP contribution in [0.15, 0.2) is 28.7 Å². The number of hydrogen-bond donors (Lipinski definition) is 0. The molecule has 0 aliphatic heterocycles. The highest BCUT2D eigenvalue weighted by atomic mass is 79.9. The predicted molar refractivity (Wildman–Crippen MR) is 80.4 cm³/mol. The molecule has 0 unspecified atom stereocenters. The lowest BCUT2D eigenvalue weighted by atomic mass is 10.2. The Balaban J connectivity index is 2.44. The zero-order valence-electron chi connectivity index (χ0n) is 9.55. The fourth-order valence-corrected chi connectivity index (χ4v) is 2.39. The first-order chi connectivity index (χ1) is 9.43. The molecule has 7 heteroatoms. The van der Waals surface area contributed by atoms with E-state index in [-0.39, 0.29) is 36.6 Å². The predicted octanol–water partition coefficient (Wildman–Crippen LogP) is 6.21. The first-order valence-corrected chi connectivity index (χ1v) is 7.07. The van der Waals surface area contributed by atoms with Crippen molar-refractivity contribution >= 4 is 50.7 Å². The van der Waals surface area contributed by atoms with Gasteiger partial charge in [0.15, 0.2) is 11.6 Å². The Kier molecular flexibility index (Phi) is 4.77. The summed E-state index contributed by atoms with van der Waals surface area (Å²) in [6.07, 6.45) is 0. The highest BCUT2D eigenvalue weighted by Gasteiger charge is 2.15. The highest BCUT2D eigenvalue weighted by molar-refractivity contribution is 9.10. The molecule has 0 radical (unpaired) electrons. The second-order valence-electron chi connectivity index (χ2n) is 3.65. The molecule has 20 heavy (non-hydrogen) atoms. The second kappa shape index (κ2) is 6.19. The van der Waals surface area contributed by atoms with Gasteiger partial charge in [-0.2, -0.15) is 5.26 Å². The van der Waals surface area contributed by atoms with Crippen LogP contribution < -0.4 is 4.74 Å². The molecule has 0 N–H and O–H groups in total. The molecule has 0 amide bonds. The van der Waals surface area contributed by atoms with Crippen LogP contribution in [0.5, 0.6) is 11.5 Å². The van der Waals surface area contributed by atoms with Gasteiger partial charge in [0.1, 0.15) is 11.8 Å². The fraction of sp³-hybridized carbons (Fsp3) is 0. The quantitative estimate of drug-likeness (QED) is 0.566. The normalized spacial score (nSPS) is 10.2. The third-order valence-electron chi connectivity index (χ3n) is 2.36. The molecule has 0 fully saturated rings. The molecule has 0 saturated heterocycles. The third-order valence-corrected chi connectivity index (χ3v) is 4.15. The molecule has 0 spiro atoms. The van der Waals surface area contributed by atoms with E-state index >= 15 is 0 Å². The van der Waals surface area contributed by atoms with Crippen molar-refractivity contribution in [3.05, 3.63) is 55.2 Å². The van der Waals surface area contributed by atoms with Crippen molar-refractivity contribution < 1.29 is 9.13 Å². The lowest BCUT2D eigenvalue weighted by Crippen LogP contribution is -1.92. The van der Waals surface area contributed by atoms with E-state index in [0.717, 1.165) is 0 Å². The summed E-state index contributed by atoms with van der Waals surface area (Å²) in [5.74, 6) is -0.626. The average molecular weight is 395 g/mol. The number of halogens is 5. The number of rotatable bonds is 2. The maximum absolute atomic E-state index is 14.0. The minimum absolute atomic E-state index is 0.0219. The number of ether oxygens (including phenoxy) is 1. The lowest BCUT2D eigenvalue weighted by molar-refractivity contribution is 0.440. The summed E-state index contributed by atoms with van der Waals surface area (Å²) in [6, 6.07) is 7.39. The monoisotopic (exact) mass is 393 g/mol. The molecule has 0 atom stereocenters. The van der Waals surface area contributed by atoms with Gasteiger partial charge in [0.05, 0.1) is 25.1 Å². The van der Waals surface area contributed by atoms with Crippen molar-refractivity contribution in [2.45, 2.75) is 0 Å². The van der Waals surface area contributed by atoms with Gasteiger partial charge >= 0.3 is 0 Å². The molecule has 2 nitrogen and oxygen atoms in total. The maximum Gasteiger partial charge on any atom is 0.181 e. The zero-order valence-corrected chi connectivity index (χ0v) is 13.4. The number of benzene rings is 2. The van der Waals surface area contributed by atoms with Crippen LogP contribution in [-0.4, -0.2) is 0 Å². The molecule has 0 aliphatic rings. The van der Waals surface area contributed by atoms with Crippen molar-refractivity contribution in [1.29, 1.82) is 5.26 Å². The molecular weight excluding hydrogens is 391 g/mol. The Hall–Kier alpha value is -0.990. The summed E-state index contributed by atoms with van der Waals surface area (Å²) in [5.41, 5.74) is 0.162. The fourth-order valence-electron chi connectivity index (χ4n) is 1.40. The minimum atomic E-state index is -0.703. The molecule has 0 saturated carbocycles. The van der Waals surface area contributed by atoms with E-state index < -0.39 is 5.82 Å². The Morgan fingerprint density at radius 1 is 1.05 bits per heavy atom. The van der Waals surface area contributed by atoms with E-state index in [9.17, 15) is 4.39 Å². The van der Waals surface area contributed by atoms with Crippen LogP contribution in [-0.2, 0) is 0 Å². The molecule has 2 rings (SSSR count). The molecule has 0 bridgehead atoms. The summed E-state index contributed by atoms with van der Waals surface area (Å²) in [4.78, 5) is 0. The van der Waals surface area contributed by atoms with Crippen LogP contribution in [0.2, 0.25) is 15.1 Å². The summed E-state index contributed by atoms with van der Waals surface area (Å²) < 4.78 is 19.4. The largest absolute Gasteiger partial charge is 0.453 e. The van der Waals surface area contributed by atoms with Crippen LogP contribution in [0, 0.1) is 17.1 Å². The van der Waals surface area contributed by atoms with E-state index in [1.54, 1.807) is 0 Å². The van der Waals surface area contributed by atoms with Gasteiger partial charge in [-0.3, -0.25) is 0 Å². The SMILES string of the molecule is N#Cc1ccc(Oc2cc(Cl)c(Cl)cc2Cl)c(F)c1Br. The van der Waals surface area contributed by atoms with Crippen molar-refractivity contribution in [3.8, 4) is 17.6 Å². The number of hydrogen-bond acceptors (Lipinski definition) is 2. The first kappa shape index (κ1) is 15.4. The average Bonchev–Trinajstić information content (AvgIpc) is 2.41. The van der Waals surface area contributed by atoms with Gasteiger partial charge in [0, 0.05) is 6.07 Å². The standard InChI is InChI=1S/C13H4BrCl3FNO/c14-12-6(5-19)1-2-10(13(12)18)20-11-4-8(16)7(15)3-9(11)17/h1-4H. The summed E-state index contributed by atoms with van der Waals surface area (Å²) >= 11 is 20.6. The van der Waals surface area contributed by atoms with E-state index in [1.807, 2.05) is 6.07 Å². The summed E-state index contributed by atoms with van der Waals surface area (Å²) in [7, 11) is 0. The highest BCUT2D eigenvalue weighted by Crippen LogP contribution is 2.38. The molecule has 0 aliphatic carbocycles. The zero-order chi connectivity index (χ0) is 14.9. The van der Waals surface area contributed by atoms with Crippen LogP contribution >= 0.6 is 50.7 Å². The van der Waals surface area contributed by atoms with Crippen LogP contribution in [0.1, 0.15) is 5.56 Å². The minimum Gasteiger partial charge on any atom is -0.453 e. The van der Waals surface area contributed by atoms with Gasteiger partial charge in [-0.05, 0) is 34.1 Å². The smallest absolute Gasteiger partial charge is 0.181 e. The molecule has 2 aromatic rings. The van der Waals surface area contributed by atoms with Gasteiger partial charge in [0.25, 0.3) is 0 Å². The number of nitrogens with zero attached hydrogens (tertiary/aromatic N) is 1. The van der Waals surface area contributed by atoms with E-state index in [1.165, 1.54) is 24.3 Å². The summed E-state index contributed by atoms with van der Waals surface area (Å²) in [6.45, 7) is 0. The molecule has 0 aromatic heterocycles. The van der Waals surface area contributed by atoms with Gasteiger partial charge in [-0.25, -0.2) is 4.39 Å². The van der Waals surface area contributed by atoms with E-state index in [0.29, 0.717) is 0 Å². The van der Waals surface area contributed by atoms with Gasteiger partial charge < -0.3 is 4.74 Å². The Bertz CT molecular complexity index is 731. The lowest BCUT2D eigenvalue weighted by Gasteiger charge is -2.10. The van der Waals surface area contributed by atoms with Crippen molar-refractivity contribution in [2.24, 2.45) is 0 Å². The molecular formula is C13H4BrCl3FNO.